The number of anilines is 1. The zero-order valence-electron chi connectivity index (χ0n) is 35.6. The monoisotopic (exact) mass is 881 g/mol. The normalized spacial score (nSPS) is 15.9. The van der Waals surface area contributed by atoms with Crippen molar-refractivity contribution in [2.24, 2.45) is 0 Å². The highest BCUT2D eigenvalue weighted by molar-refractivity contribution is 6.06. The molecule has 5 aromatic rings. The quantitative estimate of drug-likeness (QED) is 0.0467. The lowest BCUT2D eigenvalue weighted by molar-refractivity contribution is -0.139. The van der Waals surface area contributed by atoms with Crippen LogP contribution in [0, 0.1) is 13.8 Å². The SMILES string of the molecule is Cc1noc(C)c1-c1ccc(-c2nc3cnccn3c2NCC(=O)NCCCOCCOCCOCCCNC(=O)COc2cccc3c2C(O)N(C2CCC(=O)NC2=O)C3=O)cc1. The Morgan fingerprint density at radius 2 is 1.59 bits per heavy atom. The Hall–Kier alpha value is -6.74. The van der Waals surface area contributed by atoms with Crippen LogP contribution >= 0.6 is 0 Å². The van der Waals surface area contributed by atoms with Gasteiger partial charge in [0.05, 0.1) is 56.0 Å². The topological polar surface area (TPSA) is 250 Å². The van der Waals surface area contributed by atoms with Gasteiger partial charge in [-0.1, -0.05) is 35.5 Å². The molecule has 20 heteroatoms. The van der Waals surface area contributed by atoms with E-state index in [0.717, 1.165) is 33.0 Å². The number of nitrogens with one attached hydrogen (secondary N) is 4. The zero-order chi connectivity index (χ0) is 45.0. The Bertz CT molecular complexity index is 2430. The lowest BCUT2D eigenvalue weighted by Gasteiger charge is -2.32. The highest BCUT2D eigenvalue weighted by atomic mass is 16.5. The van der Waals surface area contributed by atoms with Gasteiger partial charge in [0.2, 0.25) is 17.7 Å². The fourth-order valence-electron chi connectivity index (χ4n) is 7.51. The van der Waals surface area contributed by atoms with Gasteiger partial charge in [0.25, 0.3) is 11.8 Å². The van der Waals surface area contributed by atoms with Gasteiger partial charge in [-0.15, -0.1) is 0 Å². The number of aliphatic hydroxyl groups excluding tert-OH is 1. The van der Waals surface area contributed by atoms with Crippen molar-refractivity contribution >= 4 is 41.0 Å². The zero-order valence-corrected chi connectivity index (χ0v) is 35.6. The molecule has 5 amide bonds. The first-order valence-electron chi connectivity index (χ1n) is 21.1. The minimum absolute atomic E-state index is 0.0470. The van der Waals surface area contributed by atoms with Crippen LogP contribution in [0.25, 0.3) is 28.0 Å². The lowest BCUT2D eigenvalue weighted by Crippen LogP contribution is -2.53. The van der Waals surface area contributed by atoms with Crippen LogP contribution in [-0.4, -0.2) is 131 Å². The van der Waals surface area contributed by atoms with E-state index in [0.29, 0.717) is 82.7 Å². The molecule has 5 N–H and O–H groups in total. The molecule has 0 aliphatic carbocycles. The van der Waals surface area contributed by atoms with Gasteiger partial charge in [-0.2, -0.15) is 0 Å². The summed E-state index contributed by atoms with van der Waals surface area (Å²) in [6.45, 7) is 6.67. The van der Waals surface area contributed by atoms with E-state index in [1.54, 1.807) is 24.7 Å². The molecular formula is C44H51N9O11. The van der Waals surface area contributed by atoms with E-state index in [1.165, 1.54) is 12.1 Å². The number of carbonyl (C=O) groups excluding carboxylic acids is 5. The van der Waals surface area contributed by atoms with Crippen molar-refractivity contribution in [2.45, 2.75) is 51.8 Å². The minimum atomic E-state index is -1.47. The number of benzene rings is 2. The number of carbonyl (C=O) groups is 5. The second kappa shape index (κ2) is 21.6. The van der Waals surface area contributed by atoms with Crippen LogP contribution in [0.2, 0.25) is 0 Å². The number of aliphatic hydroxyl groups is 1. The second-order valence-corrected chi connectivity index (χ2v) is 15.0. The molecule has 7 rings (SSSR count). The molecule has 338 valence electrons. The van der Waals surface area contributed by atoms with Crippen molar-refractivity contribution in [2.75, 3.05) is 71.2 Å². The predicted molar refractivity (Wildman–Crippen MR) is 229 cm³/mol. The van der Waals surface area contributed by atoms with Gasteiger partial charge in [-0.05, 0) is 50.8 Å². The fourth-order valence-corrected chi connectivity index (χ4v) is 7.51. The smallest absolute Gasteiger partial charge is 0.257 e. The van der Waals surface area contributed by atoms with E-state index in [1.807, 2.05) is 42.5 Å². The molecule has 2 aliphatic heterocycles. The van der Waals surface area contributed by atoms with Gasteiger partial charge in [0, 0.05) is 56.2 Å². The van der Waals surface area contributed by atoms with Gasteiger partial charge in [0.15, 0.2) is 18.5 Å². The molecular weight excluding hydrogens is 831 g/mol. The molecule has 5 heterocycles. The molecule has 0 spiro atoms. The highest BCUT2D eigenvalue weighted by Gasteiger charge is 2.45. The first-order chi connectivity index (χ1) is 31.1. The number of hydrogen-bond donors (Lipinski definition) is 5. The Labute approximate surface area is 368 Å². The van der Waals surface area contributed by atoms with Crippen molar-refractivity contribution in [3.63, 3.8) is 0 Å². The van der Waals surface area contributed by atoms with Crippen molar-refractivity contribution in [1.82, 2.24) is 40.4 Å². The molecule has 0 bridgehead atoms. The summed E-state index contributed by atoms with van der Waals surface area (Å²) in [5.41, 5.74) is 5.33. The number of aromatic nitrogens is 4. The summed E-state index contributed by atoms with van der Waals surface area (Å²) in [6, 6.07) is 11.6. The maximum absolute atomic E-state index is 13.1. The highest BCUT2D eigenvalue weighted by Crippen LogP contribution is 2.40. The number of fused-ring (bicyclic) bond motifs is 2. The third-order valence-corrected chi connectivity index (χ3v) is 10.6. The number of imidazole rings is 1. The Morgan fingerprint density at radius 1 is 0.906 bits per heavy atom. The van der Waals surface area contributed by atoms with Crippen LogP contribution in [-0.2, 0) is 33.4 Å². The molecule has 1 fully saturated rings. The Kier molecular flexibility index (Phi) is 15.3. The van der Waals surface area contributed by atoms with E-state index in [4.69, 9.17) is 28.5 Å². The number of nitrogens with zero attached hydrogens (tertiary/aromatic N) is 5. The molecule has 1 saturated heterocycles. The number of hydrogen-bond acceptors (Lipinski definition) is 15. The largest absolute Gasteiger partial charge is 0.483 e. The number of rotatable bonds is 23. The summed E-state index contributed by atoms with van der Waals surface area (Å²) < 4.78 is 29.6. The van der Waals surface area contributed by atoms with Crippen molar-refractivity contribution in [3.05, 3.63) is 83.6 Å². The maximum atomic E-state index is 13.1. The average molecular weight is 882 g/mol. The standard InChI is InChI=1S/C44H51N9O11/c1-27-38(28(2)64-51-27)29-8-10-30(11-9-29)40-41(52-17-16-45-24-34(52)49-40)48-25-36(55)46-14-4-18-60-20-22-62-23-21-61-19-5-15-47-37(56)26-63-33-7-3-6-31-39(33)44(59)53(43(31)58)32-12-13-35(54)50-42(32)57/h3,6-11,16-17,24,32,44,48,59H,4-5,12-15,18-23,25-26H2,1-2H3,(H,46,55)(H,47,56)(H,50,54,57). The second-order valence-electron chi connectivity index (χ2n) is 15.0. The Morgan fingerprint density at radius 3 is 2.28 bits per heavy atom. The average Bonchev–Trinajstić information content (AvgIpc) is 3.92. The molecule has 2 unspecified atom stereocenters. The van der Waals surface area contributed by atoms with Crippen molar-refractivity contribution < 1.29 is 52.5 Å². The van der Waals surface area contributed by atoms with E-state index < -0.39 is 35.9 Å². The minimum Gasteiger partial charge on any atom is -0.483 e. The lowest BCUT2D eigenvalue weighted by atomic mass is 10.0. The third-order valence-electron chi connectivity index (χ3n) is 10.6. The van der Waals surface area contributed by atoms with Crippen molar-refractivity contribution in [3.8, 4) is 28.1 Å². The van der Waals surface area contributed by atoms with E-state index in [9.17, 15) is 29.1 Å². The van der Waals surface area contributed by atoms with E-state index >= 15 is 0 Å². The summed E-state index contributed by atoms with van der Waals surface area (Å²) in [4.78, 5) is 72.2. The first-order valence-corrected chi connectivity index (χ1v) is 21.1. The molecule has 20 nitrogen and oxygen atoms in total. The predicted octanol–water partition coefficient (Wildman–Crippen LogP) is 2.47. The third kappa shape index (κ3) is 10.9. The fraction of sp³-hybridized carbons (Fsp3) is 0.409. The summed E-state index contributed by atoms with van der Waals surface area (Å²) in [7, 11) is 0. The van der Waals surface area contributed by atoms with Gasteiger partial charge < -0.3 is 44.5 Å². The van der Waals surface area contributed by atoms with Gasteiger partial charge in [-0.25, -0.2) is 4.98 Å². The Balaban J connectivity index is 0.702. The molecule has 64 heavy (non-hydrogen) atoms. The summed E-state index contributed by atoms with van der Waals surface area (Å²) in [5.74, 6) is -0.634. The van der Waals surface area contributed by atoms with E-state index in [2.05, 4.69) is 31.4 Å². The van der Waals surface area contributed by atoms with E-state index in [-0.39, 0.29) is 48.8 Å². The molecule has 0 saturated carbocycles. The maximum Gasteiger partial charge on any atom is 0.257 e. The molecule has 0 radical (unpaired) electrons. The van der Waals surface area contributed by atoms with Crippen LogP contribution in [0.15, 0.2) is 65.6 Å². The van der Waals surface area contributed by atoms with Crippen LogP contribution in [0.1, 0.15) is 59.3 Å². The summed E-state index contributed by atoms with van der Waals surface area (Å²) in [6.07, 6.45) is 4.98. The van der Waals surface area contributed by atoms with Gasteiger partial charge in [-0.3, -0.25) is 43.6 Å². The molecule has 2 aliphatic rings. The van der Waals surface area contributed by atoms with Gasteiger partial charge in [0.1, 0.15) is 29.1 Å². The molecule has 2 atom stereocenters. The van der Waals surface area contributed by atoms with Crippen LogP contribution in [0.3, 0.4) is 0 Å². The summed E-state index contributed by atoms with van der Waals surface area (Å²) >= 11 is 0. The van der Waals surface area contributed by atoms with Gasteiger partial charge >= 0.3 is 0 Å². The number of amides is 5. The van der Waals surface area contributed by atoms with Crippen molar-refractivity contribution in [1.29, 1.82) is 0 Å². The van der Waals surface area contributed by atoms with Crippen LogP contribution < -0.4 is 26.0 Å². The number of ether oxygens (including phenoxy) is 4. The molecule has 3 aromatic heterocycles. The molecule has 2 aromatic carbocycles. The first kappa shape index (κ1) is 45.3. The van der Waals surface area contributed by atoms with Crippen LogP contribution in [0.5, 0.6) is 5.75 Å². The number of imide groups is 1. The van der Waals surface area contributed by atoms with Crippen LogP contribution in [0.4, 0.5) is 5.82 Å². The summed E-state index contributed by atoms with van der Waals surface area (Å²) in [5, 5.41) is 26.1. The number of aryl methyl sites for hydroxylation is 2. The number of piperidine rings is 1.